The van der Waals surface area contributed by atoms with Crippen LogP contribution < -0.4 is 5.14 Å². The molecule has 1 fully saturated rings. The van der Waals surface area contributed by atoms with Crippen LogP contribution in [0.15, 0.2) is 0 Å². The van der Waals surface area contributed by atoms with Gasteiger partial charge in [0.1, 0.15) is 0 Å². The molecule has 0 amide bonds. The van der Waals surface area contributed by atoms with Gasteiger partial charge in [0.2, 0.25) is 0 Å². The van der Waals surface area contributed by atoms with Gasteiger partial charge < -0.3 is 0 Å². The summed E-state index contributed by atoms with van der Waals surface area (Å²) in [5, 5.41) is -4.68. The first kappa shape index (κ1) is 23.9. The average Bonchev–Trinajstić information content (AvgIpc) is 2.40. The van der Waals surface area contributed by atoms with E-state index in [2.05, 4.69) is 5.14 Å². The highest BCUT2D eigenvalue weighted by Crippen LogP contribution is 2.73. The highest BCUT2D eigenvalue weighted by molar-refractivity contribution is 7.90. The van der Waals surface area contributed by atoms with Crippen molar-refractivity contribution in [1.29, 1.82) is 0 Å². The van der Waals surface area contributed by atoms with Gasteiger partial charge in [0, 0.05) is 0 Å². The van der Waals surface area contributed by atoms with E-state index in [1.807, 2.05) is 0 Å². The number of sulfonamides is 1. The van der Waals surface area contributed by atoms with Crippen LogP contribution in [0.2, 0.25) is 0 Å². The molecule has 0 aromatic heterocycles. The smallest absolute Gasteiger partial charge is 0.225 e. The van der Waals surface area contributed by atoms with Crippen molar-refractivity contribution in [3.8, 4) is 0 Å². The highest BCUT2D eigenvalue weighted by Gasteiger charge is 3.07. The van der Waals surface area contributed by atoms with Crippen molar-refractivity contribution in [2.75, 3.05) is 0 Å². The number of primary sulfonamides is 1. The molecule has 1 unspecified atom stereocenters. The van der Waals surface area contributed by atoms with E-state index in [0.717, 1.165) is 0 Å². The van der Waals surface area contributed by atoms with E-state index in [4.69, 9.17) is 0 Å². The van der Waals surface area contributed by atoms with Gasteiger partial charge in [0.05, 0.1) is 0 Å². The van der Waals surface area contributed by atoms with Gasteiger partial charge in [-0.25, -0.2) is 22.3 Å². The van der Waals surface area contributed by atoms with Crippen LogP contribution >= 0.6 is 0 Å². The van der Waals surface area contributed by atoms with Crippen LogP contribution in [0.4, 0.5) is 65.9 Å². The molecule has 0 saturated heterocycles. The lowest BCUT2D eigenvalue weighted by Gasteiger charge is -2.55. The number of hydrogen-bond donors (Lipinski definition) is 1. The van der Waals surface area contributed by atoms with Crippen molar-refractivity contribution in [1.82, 2.24) is 0 Å². The summed E-state index contributed by atoms with van der Waals surface area (Å²) in [5.41, 5.74) is -8.53. The zero-order chi connectivity index (χ0) is 22.5. The lowest BCUT2D eigenvalue weighted by atomic mass is 9.69. The molecule has 0 spiro atoms. The van der Waals surface area contributed by atoms with Crippen LogP contribution in [-0.2, 0) is 10.0 Å². The molecule has 0 aliphatic heterocycles. The third-order valence-electron chi connectivity index (χ3n) is 3.64. The van der Waals surface area contributed by atoms with E-state index in [0.29, 0.717) is 0 Å². The van der Waals surface area contributed by atoms with Crippen LogP contribution in [0.25, 0.3) is 0 Å². The van der Waals surface area contributed by atoms with Crippen LogP contribution in [0.3, 0.4) is 0 Å². The van der Waals surface area contributed by atoms with Gasteiger partial charge in [-0.15, -0.1) is 0 Å². The van der Waals surface area contributed by atoms with Crippen LogP contribution in [-0.4, -0.2) is 54.9 Å². The van der Waals surface area contributed by atoms with Crippen molar-refractivity contribution in [2.45, 2.75) is 46.5 Å². The second kappa shape index (κ2) is 5.07. The molecule has 0 radical (unpaired) electrons. The second-order valence-electron chi connectivity index (χ2n) is 5.17. The van der Waals surface area contributed by atoms with Crippen LogP contribution in [0, 0.1) is 0 Å². The van der Waals surface area contributed by atoms with E-state index >= 15 is 0 Å². The van der Waals surface area contributed by atoms with Gasteiger partial charge in [0.15, 0.2) is 0 Å². The van der Waals surface area contributed by atoms with E-state index < -0.39 is 56.5 Å². The second-order valence-corrected chi connectivity index (χ2v) is 6.82. The van der Waals surface area contributed by atoms with Gasteiger partial charge in [-0.05, 0) is 0 Å². The third-order valence-corrected chi connectivity index (χ3v) is 4.94. The molecule has 1 atom stereocenters. The van der Waals surface area contributed by atoms with Gasteiger partial charge in [0.25, 0.3) is 10.0 Å². The molecule has 1 aliphatic carbocycles. The Balaban J connectivity index is 4.33. The Morgan fingerprint density at radius 1 is 0.556 bits per heavy atom. The van der Waals surface area contributed by atoms with E-state index in [1.54, 1.807) is 0 Å². The van der Waals surface area contributed by atoms with Crippen molar-refractivity contribution < 1.29 is 74.3 Å². The number of nitrogens with two attached hydrogens (primary N) is 1. The number of alkyl halides is 15. The summed E-state index contributed by atoms with van der Waals surface area (Å²) in [6, 6.07) is 0. The van der Waals surface area contributed by atoms with Gasteiger partial charge >= 0.3 is 46.5 Å². The normalized spacial score (nSPS) is 30.4. The fraction of sp³-hybridized carbons (Fsp3) is 1.00. The van der Waals surface area contributed by atoms with E-state index in [1.165, 1.54) is 0 Å². The molecule has 2 N–H and O–H groups in total. The Kier molecular flexibility index (Phi) is 4.48. The minimum atomic E-state index is -8.53. The van der Waals surface area contributed by atoms with Crippen LogP contribution in [0.5, 0.6) is 0 Å². The predicted octanol–water partition coefficient (Wildman–Crippen LogP) is 3.40. The summed E-state index contributed by atoms with van der Waals surface area (Å²) in [5.74, 6) is -41.0. The molecule has 3 nitrogen and oxygen atoms in total. The number of rotatable bonds is 2. The lowest BCUT2D eigenvalue weighted by Crippen LogP contribution is -2.90. The summed E-state index contributed by atoms with van der Waals surface area (Å²) >= 11 is 0. The monoisotopic (exact) mass is 461 g/mol. The zero-order valence-electron chi connectivity index (χ0n) is 11.5. The molecule has 1 rings (SSSR count). The summed E-state index contributed by atoms with van der Waals surface area (Å²) in [6.07, 6.45) is -7.94. The zero-order valence-corrected chi connectivity index (χ0v) is 12.3. The molecule has 162 valence electrons. The van der Waals surface area contributed by atoms with Crippen molar-refractivity contribution in [3.63, 3.8) is 0 Å². The number of hydrogen-bond acceptors (Lipinski definition) is 2. The fourth-order valence-electron chi connectivity index (χ4n) is 2.18. The largest absolute Gasteiger partial charge is 0.442 e. The molecule has 27 heavy (non-hydrogen) atoms. The maximum atomic E-state index is 14.2. The molecule has 0 bridgehead atoms. The third kappa shape index (κ3) is 2.04. The minimum Gasteiger partial charge on any atom is -0.225 e. The van der Waals surface area contributed by atoms with E-state index in [9.17, 15) is 74.3 Å². The van der Waals surface area contributed by atoms with Gasteiger partial charge in [-0.1, -0.05) is 0 Å². The molecule has 1 aliphatic rings. The number of halogens is 15. The summed E-state index contributed by atoms with van der Waals surface area (Å²) in [6.45, 7) is 0. The molecule has 0 aromatic rings. The fourth-order valence-corrected chi connectivity index (χ4v) is 3.15. The minimum absolute atomic E-state index is 3.40. The average molecular weight is 461 g/mol. The Morgan fingerprint density at radius 2 is 0.778 bits per heavy atom. The predicted molar refractivity (Wildman–Crippen MR) is 51.6 cm³/mol. The lowest BCUT2D eigenvalue weighted by molar-refractivity contribution is -0.502. The topological polar surface area (TPSA) is 60.2 Å². The SMILES string of the molecule is NS(=O)(=O)C(F)(C(F)(F)F)C1(F)C(F)(F)C(F)(F)C(F)(F)C(F)(F)C1(F)F. The summed E-state index contributed by atoms with van der Waals surface area (Å²) in [7, 11) is -7.90. The Morgan fingerprint density at radius 3 is 0.963 bits per heavy atom. The quantitative estimate of drug-likeness (QED) is 0.642. The molecule has 1 saturated carbocycles. The highest BCUT2D eigenvalue weighted by atomic mass is 32.2. The Hall–Kier alpha value is -1.14. The first-order valence-electron chi connectivity index (χ1n) is 5.61. The van der Waals surface area contributed by atoms with Gasteiger partial charge in [-0.3, -0.25) is 0 Å². The van der Waals surface area contributed by atoms with Gasteiger partial charge in [-0.2, -0.15) is 57.1 Å². The first-order chi connectivity index (χ1) is 11.2. The van der Waals surface area contributed by atoms with E-state index in [-0.39, 0.29) is 0 Å². The molecule has 0 aromatic carbocycles. The molecular formula is C8H2F15NO2S. The van der Waals surface area contributed by atoms with Crippen LogP contribution in [0.1, 0.15) is 0 Å². The molecule has 0 heterocycles. The molecular weight excluding hydrogens is 459 g/mol. The van der Waals surface area contributed by atoms with Crippen molar-refractivity contribution >= 4 is 10.0 Å². The maximum Gasteiger partial charge on any atom is 0.442 e. The maximum absolute atomic E-state index is 14.2. The molecule has 19 heteroatoms. The van der Waals surface area contributed by atoms with Crippen molar-refractivity contribution in [3.05, 3.63) is 0 Å². The summed E-state index contributed by atoms with van der Waals surface area (Å²) < 4.78 is 219. The Bertz CT molecular complexity index is 709. The van der Waals surface area contributed by atoms with Crippen molar-refractivity contribution in [2.24, 2.45) is 5.14 Å². The first-order valence-corrected chi connectivity index (χ1v) is 7.15. The summed E-state index contributed by atoms with van der Waals surface area (Å²) in [4.78, 5) is 0. The standard InChI is InChI=1S/C8H2F15NO2S/c9-1(7(20,8(21,22)23)27(24,25)26)2(10,11)4(14,15)6(18,19)5(16,17)3(1,12)13/h(H2,24,25,26). The Labute approximate surface area is 137 Å².